The van der Waals surface area contributed by atoms with Crippen molar-refractivity contribution >= 4 is 11.8 Å². The average molecular weight is 369 g/mol. The number of aromatic nitrogens is 3. The summed E-state index contributed by atoms with van der Waals surface area (Å²) >= 11 is 1.67. The smallest absolute Gasteiger partial charge is 0.191 e. The van der Waals surface area contributed by atoms with Gasteiger partial charge in [-0.05, 0) is 43.7 Å². The van der Waals surface area contributed by atoms with E-state index in [0.717, 1.165) is 40.3 Å². The van der Waals surface area contributed by atoms with Crippen molar-refractivity contribution in [3.8, 4) is 22.9 Å². The highest BCUT2D eigenvalue weighted by Crippen LogP contribution is 2.32. The monoisotopic (exact) mass is 369 g/mol. The van der Waals surface area contributed by atoms with E-state index in [2.05, 4.69) is 27.8 Å². The molecule has 0 saturated carbocycles. The molecule has 0 aliphatic heterocycles. The number of ether oxygens (including phenoxy) is 2. The molecular weight excluding hydrogens is 346 g/mol. The molecule has 0 amide bonds. The molecule has 0 aliphatic rings. The van der Waals surface area contributed by atoms with Crippen LogP contribution in [0.3, 0.4) is 0 Å². The number of benzene rings is 2. The third kappa shape index (κ3) is 4.02. The van der Waals surface area contributed by atoms with Gasteiger partial charge in [-0.25, -0.2) is 0 Å². The Labute approximate surface area is 158 Å². The molecule has 136 valence electrons. The van der Waals surface area contributed by atoms with Crippen LogP contribution in [0.5, 0.6) is 11.5 Å². The molecule has 0 spiro atoms. The molecule has 6 heteroatoms. The first kappa shape index (κ1) is 18.3. The molecule has 1 aromatic heterocycles. The van der Waals surface area contributed by atoms with Crippen LogP contribution < -0.4 is 9.47 Å². The summed E-state index contributed by atoms with van der Waals surface area (Å²) in [4.78, 5) is 0. The average Bonchev–Trinajstić information content (AvgIpc) is 3.10. The highest BCUT2D eigenvalue weighted by molar-refractivity contribution is 7.98. The van der Waals surface area contributed by atoms with E-state index in [1.807, 2.05) is 49.4 Å². The number of hydrogen-bond donors (Lipinski definition) is 0. The van der Waals surface area contributed by atoms with Crippen LogP contribution in [0.25, 0.3) is 11.4 Å². The van der Waals surface area contributed by atoms with Crippen LogP contribution in [0.1, 0.15) is 19.4 Å². The maximum absolute atomic E-state index is 5.75. The number of methoxy groups -OCH3 is 1. The quantitative estimate of drug-likeness (QED) is 0.540. The molecule has 0 atom stereocenters. The van der Waals surface area contributed by atoms with Crippen LogP contribution in [0.4, 0.5) is 0 Å². The van der Waals surface area contributed by atoms with Crippen molar-refractivity contribution in [2.45, 2.75) is 31.3 Å². The molecule has 2 aromatic carbocycles. The largest absolute Gasteiger partial charge is 0.497 e. The van der Waals surface area contributed by atoms with Gasteiger partial charge in [0.15, 0.2) is 11.0 Å². The van der Waals surface area contributed by atoms with Crippen molar-refractivity contribution in [3.05, 3.63) is 54.1 Å². The van der Waals surface area contributed by atoms with Gasteiger partial charge in [-0.2, -0.15) is 0 Å². The van der Waals surface area contributed by atoms with Gasteiger partial charge in [-0.1, -0.05) is 36.0 Å². The van der Waals surface area contributed by atoms with Crippen LogP contribution in [-0.4, -0.2) is 28.5 Å². The lowest BCUT2D eigenvalue weighted by Crippen LogP contribution is -2.02. The summed E-state index contributed by atoms with van der Waals surface area (Å²) in [7, 11) is 1.68. The van der Waals surface area contributed by atoms with Crippen LogP contribution in [0.15, 0.2) is 53.7 Å². The highest BCUT2D eigenvalue weighted by Gasteiger charge is 2.16. The first-order chi connectivity index (χ1) is 12.8. The van der Waals surface area contributed by atoms with Gasteiger partial charge in [0.25, 0.3) is 0 Å². The molecule has 0 fully saturated rings. The van der Waals surface area contributed by atoms with E-state index in [-0.39, 0.29) is 0 Å². The Kier molecular flexibility index (Phi) is 6.17. The predicted molar refractivity (Wildman–Crippen MR) is 105 cm³/mol. The zero-order valence-electron chi connectivity index (χ0n) is 15.3. The molecule has 0 unspecified atom stereocenters. The number of thioether (sulfide) groups is 1. The Morgan fingerprint density at radius 3 is 2.65 bits per heavy atom. The molecular formula is C20H23N3O2S. The Hall–Kier alpha value is -2.47. The fourth-order valence-electron chi connectivity index (χ4n) is 2.72. The number of rotatable bonds is 8. The first-order valence-electron chi connectivity index (χ1n) is 8.68. The molecule has 3 aromatic rings. The van der Waals surface area contributed by atoms with Crippen molar-refractivity contribution in [3.63, 3.8) is 0 Å². The third-order valence-electron chi connectivity index (χ3n) is 3.96. The van der Waals surface area contributed by atoms with Crippen LogP contribution >= 0.6 is 11.8 Å². The maximum atomic E-state index is 5.75. The molecule has 0 radical (unpaired) electrons. The molecule has 0 bridgehead atoms. The van der Waals surface area contributed by atoms with Gasteiger partial charge < -0.3 is 14.0 Å². The van der Waals surface area contributed by atoms with E-state index in [1.165, 1.54) is 5.56 Å². The van der Waals surface area contributed by atoms with E-state index in [1.54, 1.807) is 18.9 Å². The van der Waals surface area contributed by atoms with Crippen LogP contribution in [0, 0.1) is 0 Å². The second kappa shape index (κ2) is 8.76. The third-order valence-corrected chi connectivity index (χ3v) is 5.00. The number of para-hydroxylation sites is 1. The number of hydrogen-bond acceptors (Lipinski definition) is 5. The molecule has 3 rings (SSSR count). The van der Waals surface area contributed by atoms with Gasteiger partial charge in [0, 0.05) is 12.3 Å². The van der Waals surface area contributed by atoms with E-state index < -0.39 is 0 Å². The fourth-order valence-corrected chi connectivity index (χ4v) is 3.67. The SMILES string of the molecule is CCOc1ccccc1-c1nnc(SCc2cccc(OC)c2)n1CC. The van der Waals surface area contributed by atoms with Crippen LogP contribution in [0.2, 0.25) is 0 Å². The Morgan fingerprint density at radius 1 is 1.04 bits per heavy atom. The highest BCUT2D eigenvalue weighted by atomic mass is 32.2. The van der Waals surface area contributed by atoms with Crippen molar-refractivity contribution < 1.29 is 9.47 Å². The minimum atomic E-state index is 0.620. The molecule has 0 N–H and O–H groups in total. The van der Waals surface area contributed by atoms with Crippen molar-refractivity contribution in [2.24, 2.45) is 0 Å². The maximum Gasteiger partial charge on any atom is 0.191 e. The summed E-state index contributed by atoms with van der Waals surface area (Å²) in [5, 5.41) is 9.74. The van der Waals surface area contributed by atoms with E-state index in [0.29, 0.717) is 6.61 Å². The predicted octanol–water partition coefficient (Wildman–Crippen LogP) is 4.66. The minimum Gasteiger partial charge on any atom is -0.497 e. The summed E-state index contributed by atoms with van der Waals surface area (Å²) < 4.78 is 13.2. The molecule has 5 nitrogen and oxygen atoms in total. The minimum absolute atomic E-state index is 0.620. The van der Waals surface area contributed by atoms with Crippen molar-refractivity contribution in [2.75, 3.05) is 13.7 Å². The molecule has 0 saturated heterocycles. The van der Waals surface area contributed by atoms with E-state index >= 15 is 0 Å². The van der Waals surface area contributed by atoms with Gasteiger partial charge in [0.05, 0.1) is 19.3 Å². The Morgan fingerprint density at radius 2 is 1.88 bits per heavy atom. The number of nitrogens with zero attached hydrogens (tertiary/aromatic N) is 3. The summed E-state index contributed by atoms with van der Waals surface area (Å²) in [6.07, 6.45) is 0. The fraction of sp³-hybridized carbons (Fsp3) is 0.300. The molecule has 1 heterocycles. The van der Waals surface area contributed by atoms with Gasteiger partial charge in [0.2, 0.25) is 0 Å². The topological polar surface area (TPSA) is 49.2 Å². The van der Waals surface area contributed by atoms with E-state index in [9.17, 15) is 0 Å². The summed E-state index contributed by atoms with van der Waals surface area (Å²) in [6.45, 7) is 5.50. The van der Waals surface area contributed by atoms with Gasteiger partial charge in [-0.15, -0.1) is 10.2 Å². The van der Waals surface area contributed by atoms with E-state index in [4.69, 9.17) is 9.47 Å². The second-order valence-electron chi connectivity index (χ2n) is 5.62. The lowest BCUT2D eigenvalue weighted by molar-refractivity contribution is 0.341. The van der Waals surface area contributed by atoms with Gasteiger partial charge in [-0.3, -0.25) is 0 Å². The normalized spacial score (nSPS) is 10.7. The summed E-state index contributed by atoms with van der Waals surface area (Å²) in [5.41, 5.74) is 2.16. The Bertz CT molecular complexity index is 864. The van der Waals surface area contributed by atoms with Crippen molar-refractivity contribution in [1.82, 2.24) is 14.8 Å². The Balaban J connectivity index is 1.84. The molecule has 26 heavy (non-hydrogen) atoms. The lowest BCUT2D eigenvalue weighted by Gasteiger charge is -2.11. The second-order valence-corrected chi connectivity index (χ2v) is 6.56. The zero-order chi connectivity index (χ0) is 18.4. The van der Waals surface area contributed by atoms with Gasteiger partial charge in [0.1, 0.15) is 11.5 Å². The van der Waals surface area contributed by atoms with Crippen LogP contribution in [-0.2, 0) is 12.3 Å². The summed E-state index contributed by atoms with van der Waals surface area (Å²) in [5.74, 6) is 3.35. The lowest BCUT2D eigenvalue weighted by atomic mass is 10.2. The standard InChI is InChI=1S/C20H23N3O2S/c1-4-23-19(17-11-6-7-12-18(17)25-5-2)21-22-20(23)26-14-15-9-8-10-16(13-15)24-3/h6-13H,4-5,14H2,1-3H3. The molecule has 0 aliphatic carbocycles. The summed E-state index contributed by atoms with van der Waals surface area (Å²) in [6, 6.07) is 16.1. The van der Waals surface area contributed by atoms with Crippen molar-refractivity contribution in [1.29, 1.82) is 0 Å². The van der Waals surface area contributed by atoms with Gasteiger partial charge >= 0.3 is 0 Å². The zero-order valence-corrected chi connectivity index (χ0v) is 16.1. The first-order valence-corrected chi connectivity index (χ1v) is 9.66.